The van der Waals surface area contributed by atoms with Crippen molar-refractivity contribution in [2.75, 3.05) is 46.0 Å². The Morgan fingerprint density at radius 1 is 0.781 bits per heavy atom. The van der Waals surface area contributed by atoms with E-state index in [0.29, 0.717) is 38.5 Å². The molecule has 3 rings (SSSR count). The third-order valence-corrected chi connectivity index (χ3v) is 5.60. The molecule has 1 aliphatic heterocycles. The van der Waals surface area contributed by atoms with Crippen LogP contribution < -0.4 is 14.2 Å². The predicted octanol–water partition coefficient (Wildman–Crippen LogP) is 3.22. The highest BCUT2D eigenvalue weighted by molar-refractivity contribution is 5.79. The third kappa shape index (κ3) is 6.39. The maximum absolute atomic E-state index is 12.6. The molecule has 0 radical (unpaired) electrons. The SMILES string of the molecule is CCOc1ccc(OCC(=O)N2CCCN(C(=O)COc3cccc(C)c3C)CC2)cc1. The number of carbonyl (C=O) groups excluding carboxylic acids is 2. The molecule has 0 aliphatic carbocycles. The summed E-state index contributed by atoms with van der Waals surface area (Å²) in [4.78, 5) is 28.8. The predicted molar refractivity (Wildman–Crippen MR) is 122 cm³/mol. The van der Waals surface area contributed by atoms with Crippen LogP contribution in [0.5, 0.6) is 17.2 Å². The molecule has 2 aromatic rings. The van der Waals surface area contributed by atoms with E-state index in [1.807, 2.05) is 51.1 Å². The third-order valence-electron chi connectivity index (χ3n) is 5.60. The zero-order valence-corrected chi connectivity index (χ0v) is 19.1. The first-order valence-electron chi connectivity index (χ1n) is 11.1. The van der Waals surface area contributed by atoms with E-state index in [-0.39, 0.29) is 25.0 Å². The summed E-state index contributed by atoms with van der Waals surface area (Å²) in [5.74, 6) is 1.98. The van der Waals surface area contributed by atoms with Gasteiger partial charge in [0, 0.05) is 26.2 Å². The molecule has 172 valence electrons. The quantitative estimate of drug-likeness (QED) is 0.631. The van der Waals surface area contributed by atoms with Crippen LogP contribution in [0, 0.1) is 13.8 Å². The first-order chi connectivity index (χ1) is 15.5. The second-order valence-electron chi connectivity index (χ2n) is 7.79. The molecule has 0 unspecified atom stereocenters. The lowest BCUT2D eigenvalue weighted by Gasteiger charge is -2.22. The summed E-state index contributed by atoms with van der Waals surface area (Å²) in [7, 11) is 0. The Morgan fingerprint density at radius 3 is 1.94 bits per heavy atom. The average Bonchev–Trinajstić information content (AvgIpc) is 3.06. The highest BCUT2D eigenvalue weighted by Crippen LogP contribution is 2.21. The molecule has 0 aromatic heterocycles. The molecule has 32 heavy (non-hydrogen) atoms. The van der Waals surface area contributed by atoms with Gasteiger partial charge in [-0.15, -0.1) is 0 Å². The summed E-state index contributed by atoms with van der Waals surface area (Å²) in [5.41, 5.74) is 2.17. The fourth-order valence-electron chi connectivity index (χ4n) is 3.56. The molecule has 0 N–H and O–H groups in total. The van der Waals surface area contributed by atoms with E-state index in [9.17, 15) is 9.59 Å². The maximum atomic E-state index is 12.6. The molecular formula is C25H32N2O5. The molecule has 1 aliphatic rings. The van der Waals surface area contributed by atoms with Crippen LogP contribution in [0.1, 0.15) is 24.5 Å². The topological polar surface area (TPSA) is 68.3 Å². The fraction of sp³-hybridized carbons (Fsp3) is 0.440. The summed E-state index contributed by atoms with van der Waals surface area (Å²) in [5, 5.41) is 0. The van der Waals surface area contributed by atoms with Crippen molar-refractivity contribution in [3.05, 3.63) is 53.6 Å². The number of aryl methyl sites for hydroxylation is 1. The standard InChI is InChI=1S/C25H32N2O5/c1-4-30-21-9-11-22(12-10-21)31-17-24(28)26-13-6-14-27(16-15-26)25(29)18-32-23-8-5-7-19(2)20(23)3/h5,7-12H,4,6,13-18H2,1-3H3. The molecule has 0 atom stereocenters. The van der Waals surface area contributed by atoms with E-state index in [2.05, 4.69) is 0 Å². The van der Waals surface area contributed by atoms with Crippen LogP contribution in [-0.2, 0) is 9.59 Å². The minimum atomic E-state index is -0.0835. The van der Waals surface area contributed by atoms with Gasteiger partial charge < -0.3 is 24.0 Å². The first kappa shape index (κ1) is 23.4. The Kier molecular flexibility index (Phi) is 8.36. The summed E-state index contributed by atoms with van der Waals surface area (Å²) in [6, 6.07) is 13.0. The Morgan fingerprint density at radius 2 is 1.34 bits per heavy atom. The maximum Gasteiger partial charge on any atom is 0.260 e. The largest absolute Gasteiger partial charge is 0.494 e. The monoisotopic (exact) mass is 440 g/mol. The summed E-state index contributed by atoms with van der Waals surface area (Å²) >= 11 is 0. The lowest BCUT2D eigenvalue weighted by Crippen LogP contribution is -2.40. The molecule has 2 aromatic carbocycles. The molecule has 7 nitrogen and oxygen atoms in total. The van der Waals surface area contributed by atoms with Crippen molar-refractivity contribution in [1.29, 1.82) is 0 Å². The normalized spacial score (nSPS) is 14.0. The van der Waals surface area contributed by atoms with E-state index in [1.165, 1.54) is 0 Å². The van der Waals surface area contributed by atoms with Gasteiger partial charge in [0.25, 0.3) is 11.8 Å². The zero-order valence-electron chi connectivity index (χ0n) is 19.1. The number of hydrogen-bond acceptors (Lipinski definition) is 5. The van der Waals surface area contributed by atoms with Crippen LogP contribution in [0.15, 0.2) is 42.5 Å². The fourth-order valence-corrected chi connectivity index (χ4v) is 3.56. The highest BCUT2D eigenvalue weighted by Gasteiger charge is 2.22. The van der Waals surface area contributed by atoms with Crippen molar-refractivity contribution in [2.45, 2.75) is 27.2 Å². The minimum absolute atomic E-state index is 0.000901. The summed E-state index contributed by atoms with van der Waals surface area (Å²) in [6.45, 7) is 8.69. The van der Waals surface area contributed by atoms with Crippen LogP contribution in [0.25, 0.3) is 0 Å². The van der Waals surface area contributed by atoms with Crippen LogP contribution in [-0.4, -0.2) is 67.6 Å². The van der Waals surface area contributed by atoms with Gasteiger partial charge >= 0.3 is 0 Å². The molecule has 1 fully saturated rings. The lowest BCUT2D eigenvalue weighted by atomic mass is 10.1. The van der Waals surface area contributed by atoms with Crippen LogP contribution >= 0.6 is 0 Å². The van der Waals surface area contributed by atoms with Crippen molar-refractivity contribution in [2.24, 2.45) is 0 Å². The summed E-state index contributed by atoms with van der Waals surface area (Å²) < 4.78 is 16.8. The lowest BCUT2D eigenvalue weighted by molar-refractivity contribution is -0.135. The number of ether oxygens (including phenoxy) is 3. The molecule has 0 spiro atoms. The van der Waals surface area contributed by atoms with Gasteiger partial charge in [0.1, 0.15) is 17.2 Å². The van der Waals surface area contributed by atoms with Gasteiger partial charge in [-0.25, -0.2) is 0 Å². The minimum Gasteiger partial charge on any atom is -0.494 e. The Labute approximate surface area is 189 Å². The number of nitrogens with zero attached hydrogens (tertiary/aromatic N) is 2. The molecule has 0 saturated carbocycles. The Bertz CT molecular complexity index is 913. The number of hydrogen-bond donors (Lipinski definition) is 0. The van der Waals surface area contributed by atoms with Crippen molar-refractivity contribution < 1.29 is 23.8 Å². The van der Waals surface area contributed by atoms with Gasteiger partial charge in [0.2, 0.25) is 0 Å². The summed E-state index contributed by atoms with van der Waals surface area (Å²) in [6.07, 6.45) is 0.726. The molecule has 0 bridgehead atoms. The number of amides is 2. The van der Waals surface area contributed by atoms with Gasteiger partial charge in [-0.1, -0.05) is 12.1 Å². The van der Waals surface area contributed by atoms with Crippen molar-refractivity contribution in [1.82, 2.24) is 9.80 Å². The first-order valence-corrected chi connectivity index (χ1v) is 11.1. The van der Waals surface area contributed by atoms with Gasteiger partial charge in [-0.3, -0.25) is 9.59 Å². The number of carbonyl (C=O) groups is 2. The average molecular weight is 441 g/mol. The highest BCUT2D eigenvalue weighted by atomic mass is 16.5. The van der Waals surface area contributed by atoms with Crippen LogP contribution in [0.4, 0.5) is 0 Å². The molecule has 2 amide bonds. The van der Waals surface area contributed by atoms with E-state index in [4.69, 9.17) is 14.2 Å². The van der Waals surface area contributed by atoms with Crippen LogP contribution in [0.2, 0.25) is 0 Å². The van der Waals surface area contributed by atoms with E-state index >= 15 is 0 Å². The Hall–Kier alpha value is -3.22. The van der Waals surface area contributed by atoms with Gasteiger partial charge in [0.15, 0.2) is 13.2 Å². The van der Waals surface area contributed by atoms with E-state index in [0.717, 1.165) is 29.0 Å². The second-order valence-corrected chi connectivity index (χ2v) is 7.79. The van der Waals surface area contributed by atoms with Crippen molar-refractivity contribution in [3.8, 4) is 17.2 Å². The smallest absolute Gasteiger partial charge is 0.260 e. The number of benzene rings is 2. The van der Waals surface area contributed by atoms with Gasteiger partial charge in [0.05, 0.1) is 6.61 Å². The van der Waals surface area contributed by atoms with Gasteiger partial charge in [-0.05, 0) is 68.7 Å². The molecule has 7 heteroatoms. The van der Waals surface area contributed by atoms with Crippen LogP contribution in [0.3, 0.4) is 0 Å². The molecular weight excluding hydrogens is 408 g/mol. The van der Waals surface area contributed by atoms with Crippen molar-refractivity contribution in [3.63, 3.8) is 0 Å². The second kappa shape index (κ2) is 11.4. The molecule has 1 heterocycles. The van der Waals surface area contributed by atoms with E-state index in [1.54, 1.807) is 21.9 Å². The van der Waals surface area contributed by atoms with Crippen molar-refractivity contribution >= 4 is 11.8 Å². The van der Waals surface area contributed by atoms with Gasteiger partial charge in [-0.2, -0.15) is 0 Å². The zero-order chi connectivity index (χ0) is 22.9. The van der Waals surface area contributed by atoms with E-state index < -0.39 is 0 Å². The number of rotatable bonds is 8. The Balaban J connectivity index is 1.44. The molecule has 1 saturated heterocycles.